The molecule has 1 heterocycles. The average Bonchev–Trinajstić information content (AvgIpc) is 3.06. The third-order valence-electron chi connectivity index (χ3n) is 3.73. The van der Waals surface area contributed by atoms with Gasteiger partial charge in [0.25, 0.3) is 0 Å². The van der Waals surface area contributed by atoms with Gasteiger partial charge in [0, 0.05) is 32.6 Å². The molecule has 1 saturated heterocycles. The van der Waals surface area contributed by atoms with E-state index >= 15 is 0 Å². The van der Waals surface area contributed by atoms with Crippen molar-refractivity contribution in [2.75, 3.05) is 26.2 Å². The maximum atomic E-state index is 12.4. The molecule has 0 spiro atoms. The third-order valence-corrected chi connectivity index (χ3v) is 5.65. The Bertz CT molecular complexity index is 593. The predicted molar refractivity (Wildman–Crippen MR) is 84.8 cm³/mol. The maximum Gasteiger partial charge on any atom is 0.243 e. The van der Waals surface area contributed by atoms with Crippen molar-refractivity contribution in [1.82, 2.24) is 9.62 Å². The first-order chi connectivity index (χ1) is 10.5. The molecular weight excluding hydrogens is 302 g/mol. The van der Waals surface area contributed by atoms with E-state index in [-0.39, 0.29) is 5.91 Å². The molecule has 1 aromatic carbocycles. The van der Waals surface area contributed by atoms with Gasteiger partial charge in [0.05, 0.1) is 4.90 Å². The standard InChI is InChI=1S/C15H23N3O3S/c16-9-10-17-15(19)8-5-13-3-6-14(7-4-13)22(20,21)18-11-1-2-12-18/h3-4,6-7H,1-2,5,8-12,16H2,(H,17,19). The Morgan fingerprint density at radius 3 is 2.41 bits per heavy atom. The number of amides is 1. The highest BCUT2D eigenvalue weighted by molar-refractivity contribution is 7.89. The molecule has 0 aliphatic carbocycles. The van der Waals surface area contributed by atoms with Gasteiger partial charge in [-0.05, 0) is 37.0 Å². The first-order valence-corrected chi connectivity index (χ1v) is 9.04. The Hall–Kier alpha value is -1.44. The smallest absolute Gasteiger partial charge is 0.243 e. The van der Waals surface area contributed by atoms with Gasteiger partial charge in [-0.1, -0.05) is 12.1 Å². The lowest BCUT2D eigenvalue weighted by molar-refractivity contribution is -0.120. The van der Waals surface area contributed by atoms with Crippen molar-refractivity contribution < 1.29 is 13.2 Å². The Morgan fingerprint density at radius 1 is 1.18 bits per heavy atom. The minimum atomic E-state index is -3.36. The highest BCUT2D eigenvalue weighted by atomic mass is 32.2. The summed E-state index contributed by atoms with van der Waals surface area (Å²) in [5, 5.41) is 2.71. The number of hydrogen-bond donors (Lipinski definition) is 2. The molecule has 0 unspecified atom stereocenters. The monoisotopic (exact) mass is 325 g/mol. The zero-order chi connectivity index (χ0) is 16.0. The van der Waals surface area contributed by atoms with Gasteiger partial charge < -0.3 is 11.1 Å². The molecule has 1 fully saturated rings. The zero-order valence-electron chi connectivity index (χ0n) is 12.6. The molecule has 3 N–H and O–H groups in total. The van der Waals surface area contributed by atoms with Gasteiger partial charge in [-0.15, -0.1) is 0 Å². The van der Waals surface area contributed by atoms with Crippen molar-refractivity contribution in [3.63, 3.8) is 0 Å². The molecule has 0 radical (unpaired) electrons. The summed E-state index contributed by atoms with van der Waals surface area (Å²) >= 11 is 0. The normalized spacial score (nSPS) is 15.9. The van der Waals surface area contributed by atoms with Crippen LogP contribution in [0, 0.1) is 0 Å². The number of carbonyl (C=O) groups is 1. The van der Waals surface area contributed by atoms with E-state index < -0.39 is 10.0 Å². The van der Waals surface area contributed by atoms with Gasteiger partial charge in [0.15, 0.2) is 0 Å². The third kappa shape index (κ3) is 4.28. The van der Waals surface area contributed by atoms with Crippen molar-refractivity contribution in [1.29, 1.82) is 0 Å². The predicted octanol–water partition coefficient (Wildman–Crippen LogP) is 0.479. The molecule has 0 bridgehead atoms. The van der Waals surface area contributed by atoms with Crippen LogP contribution in [-0.4, -0.2) is 44.8 Å². The van der Waals surface area contributed by atoms with Crippen molar-refractivity contribution in [3.8, 4) is 0 Å². The molecule has 1 aromatic rings. The summed E-state index contributed by atoms with van der Waals surface area (Å²) in [6.07, 6.45) is 2.81. The molecule has 1 aliphatic rings. The lowest BCUT2D eigenvalue weighted by Gasteiger charge is -2.15. The van der Waals surface area contributed by atoms with E-state index in [9.17, 15) is 13.2 Å². The highest BCUT2D eigenvalue weighted by Crippen LogP contribution is 2.21. The number of rotatable bonds is 7. The second-order valence-corrected chi connectivity index (χ2v) is 7.33. The Morgan fingerprint density at radius 2 is 1.82 bits per heavy atom. The van der Waals surface area contributed by atoms with E-state index in [4.69, 9.17) is 5.73 Å². The molecule has 2 rings (SSSR count). The number of sulfonamides is 1. The second kappa shape index (κ2) is 7.71. The van der Waals surface area contributed by atoms with Crippen molar-refractivity contribution in [2.45, 2.75) is 30.6 Å². The molecule has 0 atom stereocenters. The topological polar surface area (TPSA) is 92.5 Å². The Labute approximate surface area is 131 Å². The highest BCUT2D eigenvalue weighted by Gasteiger charge is 2.26. The van der Waals surface area contributed by atoms with Crippen LogP contribution in [0.25, 0.3) is 0 Å². The molecule has 22 heavy (non-hydrogen) atoms. The fourth-order valence-electron chi connectivity index (χ4n) is 2.46. The summed E-state index contributed by atoms with van der Waals surface area (Å²) < 4.78 is 26.3. The number of benzene rings is 1. The minimum Gasteiger partial charge on any atom is -0.355 e. The van der Waals surface area contributed by atoms with Gasteiger partial charge in [0.2, 0.25) is 15.9 Å². The molecule has 0 saturated carbocycles. The van der Waals surface area contributed by atoms with E-state index in [1.807, 2.05) is 0 Å². The first-order valence-electron chi connectivity index (χ1n) is 7.60. The van der Waals surface area contributed by atoms with E-state index in [2.05, 4.69) is 5.32 Å². The van der Waals surface area contributed by atoms with Gasteiger partial charge in [-0.25, -0.2) is 8.42 Å². The number of hydrogen-bond acceptors (Lipinski definition) is 4. The van der Waals surface area contributed by atoms with Crippen LogP contribution in [0.4, 0.5) is 0 Å². The summed E-state index contributed by atoms with van der Waals surface area (Å²) in [6.45, 7) is 2.11. The molecule has 1 amide bonds. The fraction of sp³-hybridized carbons (Fsp3) is 0.533. The number of aryl methyl sites for hydroxylation is 1. The Balaban J connectivity index is 1.94. The molecule has 1 aliphatic heterocycles. The first kappa shape index (κ1) is 16.9. The SMILES string of the molecule is NCCNC(=O)CCc1ccc(S(=O)(=O)N2CCCC2)cc1. The summed E-state index contributed by atoms with van der Waals surface area (Å²) in [4.78, 5) is 11.8. The van der Waals surface area contributed by atoms with Crippen molar-refractivity contribution >= 4 is 15.9 Å². The average molecular weight is 325 g/mol. The van der Waals surface area contributed by atoms with Crippen LogP contribution in [0.3, 0.4) is 0 Å². The maximum absolute atomic E-state index is 12.4. The Kier molecular flexibility index (Phi) is 5.93. The van der Waals surface area contributed by atoms with E-state index in [0.717, 1.165) is 18.4 Å². The summed E-state index contributed by atoms with van der Waals surface area (Å²) in [7, 11) is -3.36. The largest absolute Gasteiger partial charge is 0.355 e. The number of nitrogens with one attached hydrogen (secondary N) is 1. The summed E-state index contributed by atoms with van der Waals surface area (Å²) in [5.41, 5.74) is 6.27. The second-order valence-electron chi connectivity index (χ2n) is 5.39. The van der Waals surface area contributed by atoms with Crippen molar-refractivity contribution in [2.24, 2.45) is 5.73 Å². The number of carbonyl (C=O) groups excluding carboxylic acids is 1. The molecule has 0 aromatic heterocycles. The van der Waals surface area contributed by atoms with Crippen LogP contribution >= 0.6 is 0 Å². The lowest BCUT2D eigenvalue weighted by atomic mass is 10.1. The molecule has 7 heteroatoms. The summed E-state index contributed by atoms with van der Waals surface area (Å²) in [5.74, 6) is -0.0424. The van der Waals surface area contributed by atoms with Gasteiger partial charge >= 0.3 is 0 Å². The fourth-order valence-corrected chi connectivity index (χ4v) is 3.98. The minimum absolute atomic E-state index is 0.0424. The van der Waals surface area contributed by atoms with Gasteiger partial charge in [-0.2, -0.15) is 4.31 Å². The van der Waals surface area contributed by atoms with Gasteiger partial charge in [-0.3, -0.25) is 4.79 Å². The van der Waals surface area contributed by atoms with E-state index in [1.54, 1.807) is 24.3 Å². The van der Waals surface area contributed by atoms with Crippen LogP contribution < -0.4 is 11.1 Å². The van der Waals surface area contributed by atoms with E-state index in [1.165, 1.54) is 4.31 Å². The van der Waals surface area contributed by atoms with Crippen LogP contribution in [0.2, 0.25) is 0 Å². The van der Waals surface area contributed by atoms with Crippen LogP contribution in [0.5, 0.6) is 0 Å². The van der Waals surface area contributed by atoms with E-state index in [0.29, 0.717) is 43.9 Å². The van der Waals surface area contributed by atoms with Crippen molar-refractivity contribution in [3.05, 3.63) is 29.8 Å². The van der Waals surface area contributed by atoms with Crippen LogP contribution in [-0.2, 0) is 21.2 Å². The molecule has 122 valence electrons. The molecule has 6 nitrogen and oxygen atoms in total. The quantitative estimate of drug-likeness (QED) is 0.762. The number of nitrogens with two attached hydrogens (primary N) is 1. The lowest BCUT2D eigenvalue weighted by Crippen LogP contribution is -2.29. The molecular formula is C15H23N3O3S. The number of nitrogens with zero attached hydrogens (tertiary/aromatic N) is 1. The van der Waals surface area contributed by atoms with Crippen LogP contribution in [0.15, 0.2) is 29.2 Å². The van der Waals surface area contributed by atoms with Gasteiger partial charge in [0.1, 0.15) is 0 Å². The zero-order valence-corrected chi connectivity index (χ0v) is 13.4. The van der Waals surface area contributed by atoms with Crippen LogP contribution in [0.1, 0.15) is 24.8 Å². The summed E-state index contributed by atoms with van der Waals surface area (Å²) in [6, 6.07) is 6.81.